The van der Waals surface area contributed by atoms with Crippen LogP contribution in [0.1, 0.15) is 34.5 Å². The van der Waals surface area contributed by atoms with Gasteiger partial charge >= 0.3 is 12.3 Å². The highest BCUT2D eigenvalue weighted by Gasteiger charge is 2.35. The van der Waals surface area contributed by atoms with Crippen LogP contribution in [-0.4, -0.2) is 51.3 Å². The van der Waals surface area contributed by atoms with Gasteiger partial charge < -0.3 is 20.1 Å². The Labute approximate surface area is 173 Å². The van der Waals surface area contributed by atoms with Crippen LogP contribution in [0.25, 0.3) is 0 Å². The zero-order valence-corrected chi connectivity index (χ0v) is 16.2. The number of alkyl halides is 3. The van der Waals surface area contributed by atoms with E-state index in [4.69, 9.17) is 9.84 Å². The van der Waals surface area contributed by atoms with Gasteiger partial charge in [-0.25, -0.2) is 9.18 Å². The minimum Gasteiger partial charge on any atom is -0.465 e. The van der Waals surface area contributed by atoms with Gasteiger partial charge in [-0.15, -0.1) is 10.2 Å². The summed E-state index contributed by atoms with van der Waals surface area (Å²) in [6.07, 6.45) is -5.07. The number of aryl methyl sites for hydroxylation is 1. The maximum atomic E-state index is 13.3. The van der Waals surface area contributed by atoms with Crippen molar-refractivity contribution in [3.05, 3.63) is 46.9 Å². The van der Waals surface area contributed by atoms with Gasteiger partial charge in [-0.2, -0.15) is 13.2 Å². The average Bonchev–Trinajstić information content (AvgIpc) is 2.69. The maximum Gasteiger partial charge on any atom is 0.435 e. The zero-order chi connectivity index (χ0) is 22.8. The number of amides is 2. The summed E-state index contributed by atoms with van der Waals surface area (Å²) in [4.78, 5) is 25.0. The quantitative estimate of drug-likeness (QED) is 0.701. The van der Waals surface area contributed by atoms with Crippen molar-refractivity contribution < 1.29 is 37.0 Å². The number of likely N-dealkylation sites (tertiary alicyclic amines) is 1. The smallest absolute Gasteiger partial charge is 0.435 e. The number of benzene rings is 1. The summed E-state index contributed by atoms with van der Waals surface area (Å²) in [5.41, 5.74) is -1.59. The summed E-state index contributed by atoms with van der Waals surface area (Å²) in [6.45, 7) is 1.81. The monoisotopic (exact) mass is 442 g/mol. The van der Waals surface area contributed by atoms with Crippen molar-refractivity contribution in [2.24, 2.45) is 0 Å². The molecule has 1 atom stereocenters. The number of hydrogen-bond donors (Lipinski definition) is 2. The molecule has 1 aromatic carbocycles. The van der Waals surface area contributed by atoms with E-state index < -0.39 is 47.2 Å². The number of aromatic nitrogens is 2. The predicted molar refractivity (Wildman–Crippen MR) is 98.3 cm³/mol. The van der Waals surface area contributed by atoms with Crippen molar-refractivity contribution >= 4 is 12.0 Å². The summed E-state index contributed by atoms with van der Waals surface area (Å²) in [6, 6.07) is 3.39. The number of ether oxygens (including phenoxy) is 1. The summed E-state index contributed by atoms with van der Waals surface area (Å²) in [5.74, 6) is -1.88. The van der Waals surface area contributed by atoms with Crippen molar-refractivity contribution in [3.8, 4) is 11.6 Å². The Hall–Kier alpha value is -3.44. The SMILES string of the molecule is Cc1cc(F)ccc1Oc1nnc(C(F)(F)F)cc1C(=O)N[C@@H]1CCCN(C(=O)O)C1. The standard InChI is InChI=1S/C19H18F4N4O4/c1-10-7-11(20)4-5-14(10)31-17-13(8-15(25-26-17)19(21,22)23)16(28)24-12-3-2-6-27(9-12)18(29)30/h4-5,7-8,12H,2-3,6,9H2,1H3,(H,24,28)(H,29,30)/t12-/m1/s1. The van der Waals surface area contributed by atoms with Gasteiger partial charge in [-0.3, -0.25) is 4.79 Å². The molecule has 31 heavy (non-hydrogen) atoms. The molecule has 0 unspecified atom stereocenters. The van der Waals surface area contributed by atoms with Crippen molar-refractivity contribution in [2.75, 3.05) is 13.1 Å². The Balaban J connectivity index is 1.90. The Kier molecular flexibility index (Phi) is 6.27. The third-order valence-electron chi connectivity index (χ3n) is 4.67. The van der Waals surface area contributed by atoms with Crippen LogP contribution in [0.15, 0.2) is 24.3 Å². The highest BCUT2D eigenvalue weighted by atomic mass is 19.4. The van der Waals surface area contributed by atoms with E-state index in [1.165, 1.54) is 13.0 Å². The number of carbonyl (C=O) groups excluding carboxylic acids is 1. The van der Waals surface area contributed by atoms with Gasteiger partial charge in [0.05, 0.1) is 0 Å². The van der Waals surface area contributed by atoms with Crippen LogP contribution >= 0.6 is 0 Å². The van der Waals surface area contributed by atoms with Crippen molar-refractivity contribution in [3.63, 3.8) is 0 Å². The normalized spacial score (nSPS) is 16.7. The lowest BCUT2D eigenvalue weighted by atomic mass is 10.1. The molecule has 1 aliphatic heterocycles. The summed E-state index contributed by atoms with van der Waals surface area (Å²) >= 11 is 0. The first-order valence-corrected chi connectivity index (χ1v) is 9.22. The van der Waals surface area contributed by atoms with E-state index in [0.717, 1.165) is 17.0 Å². The molecule has 1 saturated heterocycles. The van der Waals surface area contributed by atoms with E-state index in [0.29, 0.717) is 31.0 Å². The average molecular weight is 442 g/mol. The molecule has 2 aromatic rings. The van der Waals surface area contributed by atoms with Gasteiger partial charge in [0.2, 0.25) is 0 Å². The summed E-state index contributed by atoms with van der Waals surface area (Å²) < 4.78 is 58.1. The number of piperidine rings is 1. The second-order valence-corrected chi connectivity index (χ2v) is 7.00. The van der Waals surface area contributed by atoms with Gasteiger partial charge in [0.15, 0.2) is 5.69 Å². The molecule has 2 N–H and O–H groups in total. The fraction of sp³-hybridized carbons (Fsp3) is 0.368. The van der Waals surface area contributed by atoms with Crippen LogP contribution in [0.3, 0.4) is 0 Å². The molecule has 1 aromatic heterocycles. The number of carbonyl (C=O) groups is 2. The lowest BCUT2D eigenvalue weighted by molar-refractivity contribution is -0.141. The molecule has 1 fully saturated rings. The molecule has 166 valence electrons. The highest BCUT2D eigenvalue weighted by molar-refractivity contribution is 5.96. The topological polar surface area (TPSA) is 105 Å². The lowest BCUT2D eigenvalue weighted by Crippen LogP contribution is -2.49. The zero-order valence-electron chi connectivity index (χ0n) is 16.2. The summed E-state index contributed by atoms with van der Waals surface area (Å²) in [5, 5.41) is 18.1. The Morgan fingerprint density at radius 3 is 2.65 bits per heavy atom. The Morgan fingerprint density at radius 1 is 1.26 bits per heavy atom. The molecule has 0 spiro atoms. The molecule has 8 nitrogen and oxygen atoms in total. The minimum atomic E-state index is -4.85. The van der Waals surface area contributed by atoms with E-state index in [-0.39, 0.29) is 12.3 Å². The second-order valence-electron chi connectivity index (χ2n) is 7.00. The molecule has 0 saturated carbocycles. The molecule has 1 aliphatic rings. The minimum absolute atomic E-state index is 0.00102. The number of rotatable bonds is 4. The number of hydrogen-bond acceptors (Lipinski definition) is 5. The van der Waals surface area contributed by atoms with Gasteiger partial charge in [-0.05, 0) is 49.6 Å². The van der Waals surface area contributed by atoms with Crippen molar-refractivity contribution in [1.29, 1.82) is 0 Å². The molecule has 0 aliphatic carbocycles. The van der Waals surface area contributed by atoms with Crippen LogP contribution < -0.4 is 10.1 Å². The van der Waals surface area contributed by atoms with Crippen LogP contribution in [0.4, 0.5) is 22.4 Å². The number of halogens is 4. The van der Waals surface area contributed by atoms with Crippen molar-refractivity contribution in [2.45, 2.75) is 32.0 Å². The fourth-order valence-electron chi connectivity index (χ4n) is 3.12. The second kappa shape index (κ2) is 8.74. The first-order valence-electron chi connectivity index (χ1n) is 9.22. The molecule has 0 radical (unpaired) electrons. The van der Waals surface area contributed by atoms with E-state index in [1.54, 1.807) is 0 Å². The number of nitrogens with zero attached hydrogens (tertiary/aromatic N) is 3. The van der Waals surface area contributed by atoms with Crippen LogP contribution in [0.5, 0.6) is 11.6 Å². The first kappa shape index (κ1) is 22.2. The van der Waals surface area contributed by atoms with Gasteiger partial charge in [0, 0.05) is 19.1 Å². The third kappa shape index (κ3) is 5.38. The Morgan fingerprint density at radius 2 is 2.00 bits per heavy atom. The van der Waals surface area contributed by atoms with E-state index in [9.17, 15) is 27.2 Å². The van der Waals surface area contributed by atoms with Crippen molar-refractivity contribution in [1.82, 2.24) is 20.4 Å². The number of nitrogens with one attached hydrogen (secondary N) is 1. The molecule has 2 heterocycles. The molecular weight excluding hydrogens is 424 g/mol. The van der Waals surface area contributed by atoms with Crippen LogP contribution in [0.2, 0.25) is 0 Å². The van der Waals surface area contributed by atoms with Crippen LogP contribution in [0, 0.1) is 12.7 Å². The Bertz CT molecular complexity index is 999. The molecule has 3 rings (SSSR count). The van der Waals surface area contributed by atoms with Gasteiger partial charge in [0.25, 0.3) is 11.8 Å². The van der Waals surface area contributed by atoms with E-state index >= 15 is 0 Å². The molecule has 0 bridgehead atoms. The fourth-order valence-corrected chi connectivity index (χ4v) is 3.12. The maximum absolute atomic E-state index is 13.3. The largest absolute Gasteiger partial charge is 0.465 e. The highest BCUT2D eigenvalue weighted by Crippen LogP contribution is 2.32. The molecule has 2 amide bonds. The van der Waals surface area contributed by atoms with E-state index in [2.05, 4.69) is 15.5 Å². The first-order chi connectivity index (χ1) is 14.5. The predicted octanol–water partition coefficient (Wildman–Crippen LogP) is 3.61. The number of carboxylic acid groups (broad SMARTS) is 1. The summed E-state index contributed by atoms with van der Waals surface area (Å²) in [7, 11) is 0. The van der Waals surface area contributed by atoms with Gasteiger partial charge in [-0.1, -0.05) is 0 Å². The molecule has 12 heteroatoms. The third-order valence-corrected chi connectivity index (χ3v) is 4.67. The lowest BCUT2D eigenvalue weighted by Gasteiger charge is -2.31. The molecular formula is C19H18F4N4O4. The van der Waals surface area contributed by atoms with E-state index in [1.807, 2.05) is 0 Å². The van der Waals surface area contributed by atoms with Gasteiger partial charge in [0.1, 0.15) is 17.1 Å². The van der Waals surface area contributed by atoms with Crippen LogP contribution in [-0.2, 0) is 6.18 Å².